The standard InChI is InChI=1S/C50H85NO6/c1-4-6-8-10-12-14-16-18-20-22-24-26-28-30-32-34-39-49(53)56-45-41-44(42-46(43-45)57-50(54)47-37-35-36-40-51(47)3)55-48(52)38-33-31-29-27-25-23-21-19-17-15-13-11-9-7-5-2/h12-15,18-21,44-47H,4-11,16-17,22-43H2,1-3H3/b14-12-,15-13-,20-18-,21-19-. The predicted octanol–water partition coefficient (Wildman–Crippen LogP) is 13.4. The van der Waals surface area contributed by atoms with Crippen LogP contribution in [0.5, 0.6) is 0 Å². The third-order valence-corrected chi connectivity index (χ3v) is 11.4. The van der Waals surface area contributed by atoms with Crippen LogP contribution in [0.4, 0.5) is 0 Å². The Hall–Kier alpha value is -2.67. The number of hydrogen-bond donors (Lipinski definition) is 0. The number of nitrogens with zero attached hydrogens (tertiary/aromatic N) is 1. The average Bonchev–Trinajstić information content (AvgIpc) is 3.19. The summed E-state index contributed by atoms with van der Waals surface area (Å²) in [5, 5.41) is 0. The second kappa shape index (κ2) is 35.3. The number of likely N-dealkylation sites (N-methyl/N-ethyl adjacent to an activating group) is 1. The number of likely N-dealkylation sites (tertiary alicyclic amines) is 1. The third kappa shape index (κ3) is 27.6. The number of hydrogen-bond acceptors (Lipinski definition) is 7. The molecule has 0 spiro atoms. The van der Waals surface area contributed by atoms with Crippen LogP contribution in [0.15, 0.2) is 48.6 Å². The van der Waals surface area contributed by atoms with Gasteiger partial charge in [0.05, 0.1) is 0 Å². The highest BCUT2D eigenvalue weighted by Gasteiger charge is 2.37. The van der Waals surface area contributed by atoms with E-state index in [-0.39, 0.29) is 23.9 Å². The SMILES string of the molecule is CCCCC/C=C\C/C=C\CCCCCCCCC(=O)OC1CC(OC(=O)CCCCCCC/C=C\C/C=C\CCCCC)CC(OC(=O)C2CCCCN2C)C1. The lowest BCUT2D eigenvalue weighted by Crippen LogP contribution is -2.46. The lowest BCUT2D eigenvalue weighted by molar-refractivity contribution is -0.172. The Morgan fingerprint density at radius 1 is 0.491 bits per heavy atom. The Labute approximate surface area is 349 Å². The van der Waals surface area contributed by atoms with E-state index in [4.69, 9.17) is 14.2 Å². The Balaban J connectivity index is 1.66. The fourth-order valence-corrected chi connectivity index (χ4v) is 7.90. The number of esters is 3. The predicted molar refractivity (Wildman–Crippen MR) is 237 cm³/mol. The first-order valence-electron chi connectivity index (χ1n) is 23.8. The van der Waals surface area contributed by atoms with Gasteiger partial charge in [0.15, 0.2) is 0 Å². The van der Waals surface area contributed by atoms with Gasteiger partial charge in [0, 0.05) is 32.1 Å². The van der Waals surface area contributed by atoms with Gasteiger partial charge in [-0.1, -0.05) is 140 Å². The summed E-state index contributed by atoms with van der Waals surface area (Å²) >= 11 is 0. The first kappa shape index (κ1) is 50.5. The molecule has 2 fully saturated rings. The number of piperidine rings is 1. The number of ether oxygens (including phenoxy) is 3. The van der Waals surface area contributed by atoms with Crippen molar-refractivity contribution >= 4 is 17.9 Å². The van der Waals surface area contributed by atoms with Crippen molar-refractivity contribution in [3.8, 4) is 0 Å². The summed E-state index contributed by atoms with van der Waals surface area (Å²) in [5.41, 5.74) is 0. The van der Waals surface area contributed by atoms with Gasteiger partial charge in [-0.15, -0.1) is 0 Å². The molecule has 4 atom stereocenters. The summed E-state index contributed by atoms with van der Waals surface area (Å²) in [7, 11) is 1.97. The number of unbranched alkanes of at least 4 members (excludes halogenated alkanes) is 17. The third-order valence-electron chi connectivity index (χ3n) is 11.4. The second-order valence-electron chi connectivity index (χ2n) is 16.8. The first-order valence-corrected chi connectivity index (χ1v) is 23.8. The molecule has 0 amide bonds. The highest BCUT2D eigenvalue weighted by molar-refractivity contribution is 5.76. The molecular weight excluding hydrogens is 711 g/mol. The molecule has 1 aliphatic heterocycles. The van der Waals surface area contributed by atoms with Crippen molar-refractivity contribution in [3.05, 3.63) is 48.6 Å². The van der Waals surface area contributed by atoms with E-state index in [0.717, 1.165) is 90.0 Å². The molecule has 326 valence electrons. The van der Waals surface area contributed by atoms with Gasteiger partial charge in [0.2, 0.25) is 0 Å². The summed E-state index contributed by atoms with van der Waals surface area (Å²) in [6, 6.07) is -0.246. The molecule has 7 nitrogen and oxygen atoms in total. The van der Waals surface area contributed by atoms with Crippen LogP contribution >= 0.6 is 0 Å². The molecule has 2 aliphatic rings. The average molecular weight is 796 g/mol. The van der Waals surface area contributed by atoms with E-state index >= 15 is 0 Å². The largest absolute Gasteiger partial charge is 0.462 e. The molecule has 0 aromatic rings. The van der Waals surface area contributed by atoms with Crippen LogP contribution in [-0.4, -0.2) is 60.8 Å². The van der Waals surface area contributed by atoms with Crippen LogP contribution in [-0.2, 0) is 28.6 Å². The maximum atomic E-state index is 13.2. The van der Waals surface area contributed by atoms with Crippen molar-refractivity contribution in [1.82, 2.24) is 4.90 Å². The maximum absolute atomic E-state index is 13.2. The Bertz CT molecular complexity index is 1140. The van der Waals surface area contributed by atoms with Crippen molar-refractivity contribution in [2.24, 2.45) is 0 Å². The number of allylic oxidation sites excluding steroid dienone is 8. The molecule has 1 aliphatic carbocycles. The molecule has 0 radical (unpaired) electrons. The summed E-state index contributed by atoms with van der Waals surface area (Å²) < 4.78 is 17.9. The van der Waals surface area contributed by atoms with Crippen molar-refractivity contribution in [2.45, 2.75) is 237 Å². The summed E-state index contributed by atoms with van der Waals surface area (Å²) in [5.74, 6) is -0.638. The van der Waals surface area contributed by atoms with E-state index in [1.165, 1.54) is 83.5 Å². The Morgan fingerprint density at radius 2 is 0.877 bits per heavy atom. The fraction of sp³-hybridized carbons (Fsp3) is 0.780. The molecule has 7 heteroatoms. The molecule has 0 aromatic carbocycles. The van der Waals surface area contributed by atoms with Crippen LogP contribution in [0.25, 0.3) is 0 Å². The van der Waals surface area contributed by atoms with E-state index in [0.29, 0.717) is 32.1 Å². The zero-order valence-corrected chi connectivity index (χ0v) is 37.0. The Morgan fingerprint density at radius 3 is 1.30 bits per heavy atom. The van der Waals surface area contributed by atoms with Crippen molar-refractivity contribution in [1.29, 1.82) is 0 Å². The van der Waals surface area contributed by atoms with Crippen LogP contribution in [0, 0.1) is 0 Å². The van der Waals surface area contributed by atoms with Gasteiger partial charge in [-0.05, 0) is 103 Å². The topological polar surface area (TPSA) is 82.1 Å². The lowest BCUT2D eigenvalue weighted by Gasteiger charge is -2.36. The second-order valence-corrected chi connectivity index (χ2v) is 16.8. The van der Waals surface area contributed by atoms with E-state index in [9.17, 15) is 14.4 Å². The first-order chi connectivity index (χ1) is 27.9. The van der Waals surface area contributed by atoms with E-state index < -0.39 is 18.3 Å². The zero-order chi connectivity index (χ0) is 41.0. The van der Waals surface area contributed by atoms with Crippen LogP contribution < -0.4 is 0 Å². The van der Waals surface area contributed by atoms with Gasteiger partial charge < -0.3 is 14.2 Å². The monoisotopic (exact) mass is 796 g/mol. The van der Waals surface area contributed by atoms with E-state index in [2.05, 4.69) is 67.4 Å². The highest BCUT2D eigenvalue weighted by atomic mass is 16.6. The van der Waals surface area contributed by atoms with Gasteiger partial charge in [-0.3, -0.25) is 19.3 Å². The van der Waals surface area contributed by atoms with E-state index in [1.807, 2.05) is 7.05 Å². The van der Waals surface area contributed by atoms with Gasteiger partial charge in [-0.2, -0.15) is 0 Å². The molecule has 0 bridgehead atoms. The normalized spacial score (nSPS) is 20.6. The van der Waals surface area contributed by atoms with Crippen molar-refractivity contribution in [3.63, 3.8) is 0 Å². The molecule has 1 saturated carbocycles. The zero-order valence-electron chi connectivity index (χ0n) is 37.0. The number of carbonyl (C=O) groups is 3. The van der Waals surface area contributed by atoms with Gasteiger partial charge in [0.25, 0.3) is 0 Å². The minimum atomic E-state index is -0.435. The van der Waals surface area contributed by atoms with Crippen molar-refractivity contribution < 1.29 is 28.6 Å². The van der Waals surface area contributed by atoms with E-state index in [1.54, 1.807) is 0 Å². The van der Waals surface area contributed by atoms with Crippen LogP contribution in [0.3, 0.4) is 0 Å². The highest BCUT2D eigenvalue weighted by Crippen LogP contribution is 2.29. The smallest absolute Gasteiger partial charge is 0.323 e. The van der Waals surface area contributed by atoms with Gasteiger partial charge in [-0.25, -0.2) is 0 Å². The fourth-order valence-electron chi connectivity index (χ4n) is 7.90. The lowest BCUT2D eigenvalue weighted by atomic mass is 9.91. The minimum Gasteiger partial charge on any atom is -0.462 e. The number of carbonyl (C=O) groups excluding carboxylic acids is 3. The molecule has 1 saturated heterocycles. The van der Waals surface area contributed by atoms with Crippen molar-refractivity contribution in [2.75, 3.05) is 13.6 Å². The van der Waals surface area contributed by atoms with Gasteiger partial charge in [0.1, 0.15) is 24.4 Å². The molecule has 0 aromatic heterocycles. The van der Waals surface area contributed by atoms with Gasteiger partial charge >= 0.3 is 17.9 Å². The molecular formula is C50H85NO6. The molecule has 4 unspecified atom stereocenters. The van der Waals surface area contributed by atoms with Crippen LogP contribution in [0.2, 0.25) is 0 Å². The minimum absolute atomic E-state index is 0.209. The molecule has 2 rings (SSSR count). The summed E-state index contributed by atoms with van der Waals surface area (Å²) in [6.07, 6.45) is 48.4. The number of rotatable bonds is 33. The molecule has 0 N–H and O–H groups in total. The maximum Gasteiger partial charge on any atom is 0.323 e. The molecule has 1 heterocycles. The Kier molecular flexibility index (Phi) is 31.2. The summed E-state index contributed by atoms with van der Waals surface area (Å²) in [4.78, 5) is 41.1. The quantitative estimate of drug-likeness (QED) is 0.0283. The molecule has 57 heavy (non-hydrogen) atoms. The summed E-state index contributed by atoms with van der Waals surface area (Å²) in [6.45, 7) is 5.36. The van der Waals surface area contributed by atoms with Crippen LogP contribution in [0.1, 0.15) is 213 Å².